The highest BCUT2D eigenvalue weighted by Crippen LogP contribution is 2.31. The van der Waals surface area contributed by atoms with Gasteiger partial charge in [-0.05, 0) is 12.8 Å². The van der Waals surface area contributed by atoms with Crippen LogP contribution in [-0.2, 0) is 19.3 Å². The van der Waals surface area contributed by atoms with E-state index in [4.69, 9.17) is 9.47 Å². The predicted octanol–water partition coefficient (Wildman–Crippen LogP) is 0.365. The Morgan fingerprint density at radius 2 is 2.05 bits per heavy atom. The second-order valence-corrected chi connectivity index (χ2v) is 7.58. The zero-order valence-corrected chi connectivity index (χ0v) is 12.9. The number of morpholine rings is 1. The molecule has 3 heterocycles. The van der Waals surface area contributed by atoms with E-state index >= 15 is 0 Å². The van der Waals surface area contributed by atoms with Gasteiger partial charge in [-0.15, -0.1) is 0 Å². The molecule has 1 aromatic heterocycles. The molecule has 118 valence electrons. The summed E-state index contributed by atoms with van der Waals surface area (Å²) in [5.74, 6) is 0. The molecule has 0 aromatic carbocycles. The third-order valence-electron chi connectivity index (χ3n) is 4.19. The fourth-order valence-corrected chi connectivity index (χ4v) is 3.96. The van der Waals surface area contributed by atoms with E-state index < -0.39 is 9.84 Å². The number of nitrogens with one attached hydrogen (secondary N) is 1. The van der Waals surface area contributed by atoms with Crippen LogP contribution in [0.15, 0.2) is 11.1 Å². The Balaban J connectivity index is 1.89. The smallest absolute Gasteiger partial charge is 0.178 e. The van der Waals surface area contributed by atoms with Crippen LogP contribution < -0.4 is 0 Å². The average molecular weight is 315 g/mol. The van der Waals surface area contributed by atoms with Crippen molar-refractivity contribution in [2.45, 2.75) is 29.8 Å². The minimum Gasteiger partial charge on any atom is -0.381 e. The fourth-order valence-electron chi connectivity index (χ4n) is 3.14. The van der Waals surface area contributed by atoms with Gasteiger partial charge in [-0.1, -0.05) is 0 Å². The van der Waals surface area contributed by atoms with Gasteiger partial charge >= 0.3 is 0 Å². The number of aromatic nitrogens is 2. The van der Waals surface area contributed by atoms with Crippen molar-refractivity contribution in [2.24, 2.45) is 0 Å². The van der Waals surface area contributed by atoms with Crippen LogP contribution in [0.2, 0.25) is 0 Å². The van der Waals surface area contributed by atoms with Gasteiger partial charge in [-0.2, -0.15) is 5.10 Å². The minimum absolute atomic E-state index is 0.0888. The second-order valence-electron chi connectivity index (χ2n) is 5.59. The highest BCUT2D eigenvalue weighted by molar-refractivity contribution is 7.90. The van der Waals surface area contributed by atoms with Crippen LogP contribution >= 0.6 is 0 Å². The monoisotopic (exact) mass is 315 g/mol. The van der Waals surface area contributed by atoms with E-state index in [1.165, 1.54) is 12.5 Å². The molecule has 0 bridgehead atoms. The van der Waals surface area contributed by atoms with Gasteiger partial charge in [0.1, 0.15) is 4.90 Å². The molecule has 2 fully saturated rings. The summed E-state index contributed by atoms with van der Waals surface area (Å²) in [6, 6.07) is 0.317. The molecule has 3 rings (SSSR count). The van der Waals surface area contributed by atoms with Gasteiger partial charge < -0.3 is 9.47 Å². The molecule has 0 saturated carbocycles. The molecule has 21 heavy (non-hydrogen) atoms. The summed E-state index contributed by atoms with van der Waals surface area (Å²) in [5, 5.41) is 6.80. The summed E-state index contributed by atoms with van der Waals surface area (Å²) >= 11 is 0. The van der Waals surface area contributed by atoms with Gasteiger partial charge in [0.2, 0.25) is 0 Å². The molecular weight excluding hydrogens is 294 g/mol. The molecular formula is C13H21N3O4S. The van der Waals surface area contributed by atoms with Crippen LogP contribution in [0.25, 0.3) is 0 Å². The normalized spacial score (nSPS) is 26.0. The summed E-state index contributed by atoms with van der Waals surface area (Å²) < 4.78 is 34.8. The molecule has 0 amide bonds. The molecule has 1 unspecified atom stereocenters. The van der Waals surface area contributed by atoms with Crippen molar-refractivity contribution in [3.05, 3.63) is 11.9 Å². The number of hydrogen-bond donors (Lipinski definition) is 1. The lowest BCUT2D eigenvalue weighted by molar-refractivity contribution is -0.0586. The van der Waals surface area contributed by atoms with Gasteiger partial charge in [0.15, 0.2) is 9.84 Å². The topological polar surface area (TPSA) is 84.5 Å². The van der Waals surface area contributed by atoms with E-state index in [9.17, 15) is 8.42 Å². The van der Waals surface area contributed by atoms with Gasteiger partial charge in [0, 0.05) is 32.1 Å². The van der Waals surface area contributed by atoms with Gasteiger partial charge in [-0.3, -0.25) is 10.00 Å². The summed E-state index contributed by atoms with van der Waals surface area (Å²) in [4.78, 5) is 2.61. The van der Waals surface area contributed by atoms with Crippen molar-refractivity contribution in [3.8, 4) is 0 Å². The maximum absolute atomic E-state index is 11.9. The van der Waals surface area contributed by atoms with E-state index in [-0.39, 0.29) is 10.9 Å². The Kier molecular flexibility index (Phi) is 4.30. The highest BCUT2D eigenvalue weighted by Gasteiger charge is 2.35. The van der Waals surface area contributed by atoms with E-state index in [1.54, 1.807) is 0 Å². The lowest BCUT2D eigenvalue weighted by Crippen LogP contribution is -2.48. The molecule has 2 saturated heterocycles. The largest absolute Gasteiger partial charge is 0.381 e. The van der Waals surface area contributed by atoms with E-state index in [2.05, 4.69) is 15.1 Å². The first-order valence-electron chi connectivity index (χ1n) is 7.22. The van der Waals surface area contributed by atoms with Crippen molar-refractivity contribution in [1.82, 2.24) is 15.1 Å². The molecule has 2 aliphatic heterocycles. The lowest BCUT2D eigenvalue weighted by Gasteiger charge is -2.42. The lowest BCUT2D eigenvalue weighted by atomic mass is 10.0. The number of hydrogen-bond acceptors (Lipinski definition) is 6. The van der Waals surface area contributed by atoms with Gasteiger partial charge in [-0.25, -0.2) is 8.42 Å². The maximum Gasteiger partial charge on any atom is 0.178 e. The first-order valence-corrected chi connectivity index (χ1v) is 9.11. The number of rotatable bonds is 3. The SMILES string of the molecule is CS(=O)(=O)c1cn[nH]c1C1COCCN1C1CCOCC1. The second kappa shape index (κ2) is 6.04. The molecule has 7 nitrogen and oxygen atoms in total. The fraction of sp³-hybridized carbons (Fsp3) is 0.769. The van der Waals surface area contributed by atoms with Crippen LogP contribution in [0, 0.1) is 0 Å². The van der Waals surface area contributed by atoms with E-state index in [0.717, 1.165) is 32.6 Å². The van der Waals surface area contributed by atoms with E-state index in [0.29, 0.717) is 24.9 Å². The summed E-state index contributed by atoms with van der Waals surface area (Å²) in [6.07, 6.45) is 4.54. The standard InChI is InChI=1S/C13H21N3O4S/c1-21(17,18)12-8-14-15-13(12)11-9-20-7-4-16(11)10-2-5-19-6-3-10/h8,10-11H,2-7,9H2,1H3,(H,14,15). The van der Waals surface area contributed by atoms with Crippen LogP contribution in [0.1, 0.15) is 24.6 Å². The molecule has 8 heteroatoms. The first-order chi connectivity index (χ1) is 10.1. The van der Waals surface area contributed by atoms with Gasteiger partial charge in [0.05, 0.1) is 31.1 Å². The molecule has 2 aliphatic rings. The zero-order chi connectivity index (χ0) is 14.9. The molecule has 0 aliphatic carbocycles. The Morgan fingerprint density at radius 1 is 1.29 bits per heavy atom. The summed E-state index contributed by atoms with van der Waals surface area (Å²) in [5.41, 5.74) is 0.642. The van der Waals surface area contributed by atoms with Crippen molar-refractivity contribution < 1.29 is 17.9 Å². The number of H-pyrrole nitrogens is 1. The zero-order valence-electron chi connectivity index (χ0n) is 12.1. The number of aromatic amines is 1. The number of sulfone groups is 1. The predicted molar refractivity (Wildman–Crippen MR) is 75.8 cm³/mol. The van der Waals surface area contributed by atoms with Crippen LogP contribution in [-0.4, -0.2) is 68.8 Å². The third kappa shape index (κ3) is 3.13. The Morgan fingerprint density at radius 3 is 2.76 bits per heavy atom. The maximum atomic E-state index is 11.9. The molecule has 1 atom stereocenters. The van der Waals surface area contributed by atoms with Crippen molar-refractivity contribution in [1.29, 1.82) is 0 Å². The van der Waals surface area contributed by atoms with E-state index in [1.807, 2.05) is 0 Å². The quantitative estimate of drug-likeness (QED) is 0.867. The number of nitrogens with zero attached hydrogens (tertiary/aromatic N) is 2. The summed E-state index contributed by atoms with van der Waals surface area (Å²) in [6.45, 7) is 3.49. The van der Waals surface area contributed by atoms with Crippen molar-refractivity contribution in [3.63, 3.8) is 0 Å². The van der Waals surface area contributed by atoms with Crippen molar-refractivity contribution in [2.75, 3.05) is 39.2 Å². The van der Waals surface area contributed by atoms with Gasteiger partial charge in [0.25, 0.3) is 0 Å². The van der Waals surface area contributed by atoms with Crippen LogP contribution in [0.3, 0.4) is 0 Å². The van der Waals surface area contributed by atoms with Crippen LogP contribution in [0.4, 0.5) is 0 Å². The minimum atomic E-state index is -3.29. The molecule has 0 spiro atoms. The number of ether oxygens (including phenoxy) is 2. The van der Waals surface area contributed by atoms with Crippen LogP contribution in [0.5, 0.6) is 0 Å². The Labute approximate surface area is 124 Å². The molecule has 0 radical (unpaired) electrons. The average Bonchev–Trinajstić information content (AvgIpc) is 2.98. The Bertz CT molecular complexity index is 580. The summed E-state index contributed by atoms with van der Waals surface area (Å²) in [7, 11) is -3.29. The third-order valence-corrected chi connectivity index (χ3v) is 5.32. The van der Waals surface area contributed by atoms with Crippen molar-refractivity contribution >= 4 is 9.84 Å². The first kappa shape index (κ1) is 15.0. The molecule has 1 aromatic rings. The Hall–Kier alpha value is -0.960. The molecule has 1 N–H and O–H groups in total. The highest BCUT2D eigenvalue weighted by atomic mass is 32.2.